The van der Waals surface area contributed by atoms with Crippen LogP contribution in [0.4, 0.5) is 0 Å². The number of hydrogen-bond acceptors (Lipinski definition) is 6. The van der Waals surface area contributed by atoms with Crippen LogP contribution in [-0.4, -0.2) is 48.6 Å². The van der Waals surface area contributed by atoms with Gasteiger partial charge >= 0.3 is 11.9 Å². The van der Waals surface area contributed by atoms with E-state index < -0.39 is 30.6 Å². The van der Waals surface area contributed by atoms with E-state index in [-0.39, 0.29) is 38.9 Å². The third-order valence-electron chi connectivity index (χ3n) is 2.70. The van der Waals surface area contributed by atoms with Crippen molar-refractivity contribution in [3.63, 3.8) is 0 Å². The van der Waals surface area contributed by atoms with Gasteiger partial charge in [0.1, 0.15) is 13.2 Å². The molecule has 21 heavy (non-hydrogen) atoms. The van der Waals surface area contributed by atoms with Crippen LogP contribution < -0.4 is 0 Å². The van der Waals surface area contributed by atoms with E-state index in [9.17, 15) is 19.8 Å². The van der Waals surface area contributed by atoms with Crippen molar-refractivity contribution < 1.29 is 29.3 Å². The molecular formula is C15H20O6. The molecule has 0 saturated heterocycles. The predicted molar refractivity (Wildman–Crippen MR) is 74.7 cm³/mol. The maximum Gasteiger partial charge on any atom is 0.306 e. The molecule has 0 heterocycles. The van der Waals surface area contributed by atoms with Gasteiger partial charge in [0.25, 0.3) is 0 Å². The molecule has 2 N–H and O–H groups in total. The van der Waals surface area contributed by atoms with Crippen molar-refractivity contribution in [1.82, 2.24) is 0 Å². The van der Waals surface area contributed by atoms with Crippen LogP contribution in [0.25, 0.3) is 0 Å². The van der Waals surface area contributed by atoms with Crippen LogP contribution in [0, 0.1) is 30.1 Å². The quantitative estimate of drug-likeness (QED) is 0.431. The Morgan fingerprint density at radius 3 is 1.57 bits per heavy atom. The summed E-state index contributed by atoms with van der Waals surface area (Å²) in [5, 5.41) is 18.7. The second kappa shape index (κ2) is 10.7. The van der Waals surface area contributed by atoms with Crippen LogP contribution in [-0.2, 0) is 19.1 Å². The number of carbonyl (C=O) groups excluding carboxylic acids is 2. The van der Waals surface area contributed by atoms with Crippen molar-refractivity contribution in [3.05, 3.63) is 0 Å². The molecule has 0 aliphatic carbocycles. The molecule has 0 aromatic rings. The lowest BCUT2D eigenvalue weighted by Gasteiger charge is -2.28. The average molecular weight is 296 g/mol. The largest absolute Gasteiger partial charge is 0.465 e. The van der Waals surface area contributed by atoms with Gasteiger partial charge in [-0.2, -0.15) is 0 Å². The first-order valence-electron chi connectivity index (χ1n) is 6.43. The summed E-state index contributed by atoms with van der Waals surface area (Å²) in [4.78, 5) is 22.7. The second-order valence-electron chi connectivity index (χ2n) is 4.55. The van der Waals surface area contributed by atoms with Crippen LogP contribution in [0.2, 0.25) is 0 Å². The van der Waals surface area contributed by atoms with Gasteiger partial charge in [0.05, 0.1) is 31.5 Å². The Balaban J connectivity index is 4.36. The van der Waals surface area contributed by atoms with Crippen molar-refractivity contribution in [3.8, 4) is 24.7 Å². The number of terminal acetylenes is 2. The standard InChI is InChI=1S/C15H20O6/c1-3-5-7-13(18)20-11-15(9-16,10-17)12-21-14(19)8-6-4-2/h1-2,16-17H,5-12H2. The van der Waals surface area contributed by atoms with Crippen molar-refractivity contribution in [1.29, 1.82) is 0 Å². The molecule has 6 heteroatoms. The fraction of sp³-hybridized carbons (Fsp3) is 0.600. The van der Waals surface area contributed by atoms with E-state index in [1.807, 2.05) is 0 Å². The molecule has 0 atom stereocenters. The first-order valence-corrected chi connectivity index (χ1v) is 6.43. The normalized spacial score (nSPS) is 10.3. The third kappa shape index (κ3) is 7.98. The highest BCUT2D eigenvalue weighted by Crippen LogP contribution is 2.18. The number of esters is 2. The summed E-state index contributed by atoms with van der Waals surface area (Å²) in [5.41, 5.74) is -1.24. The van der Waals surface area contributed by atoms with Gasteiger partial charge in [-0.3, -0.25) is 9.59 Å². The number of hydrogen-bond donors (Lipinski definition) is 2. The minimum absolute atomic E-state index is 0.0470. The van der Waals surface area contributed by atoms with E-state index in [1.165, 1.54) is 0 Å². The molecule has 116 valence electrons. The van der Waals surface area contributed by atoms with Crippen molar-refractivity contribution in [2.75, 3.05) is 26.4 Å². The Labute approximate surface area is 124 Å². The minimum atomic E-state index is -1.24. The Hall–Kier alpha value is -2.02. The number of aliphatic hydroxyl groups is 2. The SMILES string of the molecule is C#CCCC(=O)OCC(CO)(CO)COC(=O)CCC#C. The Kier molecular flexibility index (Phi) is 9.70. The van der Waals surface area contributed by atoms with E-state index in [2.05, 4.69) is 11.8 Å². The monoisotopic (exact) mass is 296 g/mol. The van der Waals surface area contributed by atoms with Crippen LogP contribution in [0.1, 0.15) is 25.7 Å². The minimum Gasteiger partial charge on any atom is -0.465 e. The zero-order chi connectivity index (χ0) is 16.1. The zero-order valence-corrected chi connectivity index (χ0v) is 11.8. The number of carbonyl (C=O) groups is 2. The lowest BCUT2D eigenvalue weighted by Crippen LogP contribution is -2.41. The lowest BCUT2D eigenvalue weighted by atomic mass is 9.92. The predicted octanol–water partition coefficient (Wildman–Crippen LogP) is -0.129. The smallest absolute Gasteiger partial charge is 0.306 e. The van der Waals surface area contributed by atoms with Crippen LogP contribution in [0.3, 0.4) is 0 Å². The Morgan fingerprint density at radius 2 is 1.29 bits per heavy atom. The fourth-order valence-electron chi connectivity index (χ4n) is 1.23. The molecule has 0 saturated carbocycles. The highest BCUT2D eigenvalue weighted by Gasteiger charge is 2.32. The number of ether oxygens (including phenoxy) is 2. The molecule has 0 rings (SSSR count). The number of aliphatic hydroxyl groups excluding tert-OH is 2. The van der Waals surface area contributed by atoms with Crippen molar-refractivity contribution in [2.45, 2.75) is 25.7 Å². The van der Waals surface area contributed by atoms with Gasteiger partial charge < -0.3 is 19.7 Å². The van der Waals surface area contributed by atoms with Crippen molar-refractivity contribution in [2.24, 2.45) is 5.41 Å². The third-order valence-corrected chi connectivity index (χ3v) is 2.70. The van der Waals surface area contributed by atoms with Gasteiger partial charge in [-0.1, -0.05) is 0 Å². The van der Waals surface area contributed by atoms with E-state index in [0.29, 0.717) is 0 Å². The van der Waals surface area contributed by atoms with Gasteiger partial charge in [-0.25, -0.2) is 0 Å². The summed E-state index contributed by atoms with van der Waals surface area (Å²) >= 11 is 0. The van der Waals surface area contributed by atoms with Gasteiger partial charge in [0.2, 0.25) is 0 Å². The van der Waals surface area contributed by atoms with Gasteiger partial charge in [-0.05, 0) is 0 Å². The topological polar surface area (TPSA) is 93.1 Å². The summed E-state index contributed by atoms with van der Waals surface area (Å²) in [6, 6.07) is 0. The van der Waals surface area contributed by atoms with Gasteiger partial charge in [0.15, 0.2) is 0 Å². The van der Waals surface area contributed by atoms with Crippen LogP contribution >= 0.6 is 0 Å². The molecule has 0 unspecified atom stereocenters. The van der Waals surface area contributed by atoms with Crippen LogP contribution in [0.15, 0.2) is 0 Å². The highest BCUT2D eigenvalue weighted by molar-refractivity contribution is 5.70. The van der Waals surface area contributed by atoms with Crippen molar-refractivity contribution >= 4 is 11.9 Å². The first kappa shape index (κ1) is 19.0. The lowest BCUT2D eigenvalue weighted by molar-refractivity contribution is -0.158. The summed E-state index contributed by atoms with van der Waals surface area (Å²) < 4.78 is 9.85. The summed E-state index contributed by atoms with van der Waals surface area (Å²) in [7, 11) is 0. The fourth-order valence-corrected chi connectivity index (χ4v) is 1.23. The molecule has 0 radical (unpaired) electrons. The Morgan fingerprint density at radius 1 is 0.905 bits per heavy atom. The summed E-state index contributed by atoms with van der Waals surface area (Å²) in [5.74, 6) is 3.51. The van der Waals surface area contributed by atoms with E-state index in [1.54, 1.807) is 0 Å². The summed E-state index contributed by atoms with van der Waals surface area (Å²) in [6.45, 7) is -1.56. The molecule has 6 nitrogen and oxygen atoms in total. The van der Waals surface area contributed by atoms with Gasteiger partial charge in [0, 0.05) is 12.8 Å². The van der Waals surface area contributed by atoms with E-state index in [0.717, 1.165) is 0 Å². The maximum absolute atomic E-state index is 11.3. The maximum atomic E-state index is 11.3. The molecule has 0 aliphatic heterocycles. The second-order valence-corrected chi connectivity index (χ2v) is 4.55. The number of rotatable bonds is 10. The van der Waals surface area contributed by atoms with E-state index >= 15 is 0 Å². The molecule has 0 fully saturated rings. The molecule has 0 aliphatic rings. The zero-order valence-electron chi connectivity index (χ0n) is 11.8. The van der Waals surface area contributed by atoms with E-state index in [4.69, 9.17) is 22.3 Å². The molecule has 0 bridgehead atoms. The first-order chi connectivity index (χ1) is 10.0. The van der Waals surface area contributed by atoms with Gasteiger partial charge in [-0.15, -0.1) is 24.7 Å². The Bertz CT molecular complexity index is 375. The summed E-state index contributed by atoms with van der Waals surface area (Å²) in [6.07, 6.45) is 10.6. The molecule has 0 aromatic carbocycles. The molecule has 0 spiro atoms. The molecule has 0 amide bonds. The molecular weight excluding hydrogens is 276 g/mol. The average Bonchev–Trinajstić information content (AvgIpc) is 2.51. The van der Waals surface area contributed by atoms with Crippen LogP contribution in [0.5, 0.6) is 0 Å². The molecule has 0 aromatic heterocycles. The highest BCUT2D eigenvalue weighted by atomic mass is 16.5.